The van der Waals surface area contributed by atoms with Crippen molar-refractivity contribution >= 4 is 29.3 Å². The number of nitrogens with two attached hydrogens (primary N) is 1. The molecule has 0 saturated carbocycles. The van der Waals surface area contributed by atoms with Crippen molar-refractivity contribution in [1.29, 1.82) is 0 Å². The molecule has 0 aliphatic heterocycles. The lowest BCUT2D eigenvalue weighted by Crippen LogP contribution is -2.34. The van der Waals surface area contributed by atoms with Crippen molar-refractivity contribution in [2.24, 2.45) is 0 Å². The highest BCUT2D eigenvalue weighted by Crippen LogP contribution is 2.28. The number of halogens is 5. The molecule has 0 bridgehead atoms. The summed E-state index contributed by atoms with van der Waals surface area (Å²) in [6.07, 6.45) is -4.79. The molecule has 14 heteroatoms. The number of anilines is 1. The second-order valence-corrected chi connectivity index (χ2v) is 5.86. The van der Waals surface area contributed by atoms with E-state index in [0.717, 1.165) is 18.2 Å². The van der Waals surface area contributed by atoms with Crippen molar-refractivity contribution in [2.75, 3.05) is 23.5 Å². The largest absolute Gasteiger partial charge is 0.453 e. The Hall–Kier alpha value is -2.90. The number of amides is 2. The fourth-order valence-corrected chi connectivity index (χ4v) is 2.39. The van der Waals surface area contributed by atoms with Gasteiger partial charge in [-0.1, -0.05) is 11.8 Å². The van der Waals surface area contributed by atoms with Crippen molar-refractivity contribution in [1.82, 2.24) is 20.2 Å². The Labute approximate surface area is 152 Å². The molecule has 2 rings (SSSR count). The SMILES string of the molecule is Nn1c(SCC(=O)NCC(=O)Nc2ccc(F)c(F)c2)nnc1C(F)(F)F. The van der Waals surface area contributed by atoms with Crippen LogP contribution in [0.4, 0.5) is 27.6 Å². The molecule has 8 nitrogen and oxygen atoms in total. The van der Waals surface area contributed by atoms with Gasteiger partial charge in [-0.2, -0.15) is 13.2 Å². The average molecular weight is 410 g/mol. The number of rotatable bonds is 6. The van der Waals surface area contributed by atoms with Crippen LogP contribution in [0.1, 0.15) is 5.82 Å². The van der Waals surface area contributed by atoms with E-state index >= 15 is 0 Å². The Bertz CT molecular complexity index is 856. The molecule has 0 saturated heterocycles. The van der Waals surface area contributed by atoms with Crippen LogP contribution in [0.25, 0.3) is 0 Å². The van der Waals surface area contributed by atoms with Crippen molar-refractivity contribution in [3.05, 3.63) is 35.7 Å². The number of nitrogen functional groups attached to an aromatic ring is 1. The molecule has 0 aliphatic carbocycles. The van der Waals surface area contributed by atoms with Crippen molar-refractivity contribution in [3.63, 3.8) is 0 Å². The van der Waals surface area contributed by atoms with Crippen LogP contribution in [-0.2, 0) is 15.8 Å². The molecule has 2 amide bonds. The first kappa shape index (κ1) is 20.4. The minimum atomic E-state index is -4.79. The molecule has 27 heavy (non-hydrogen) atoms. The van der Waals surface area contributed by atoms with Crippen LogP contribution in [0.3, 0.4) is 0 Å². The summed E-state index contributed by atoms with van der Waals surface area (Å²) in [7, 11) is 0. The van der Waals surface area contributed by atoms with Crippen LogP contribution in [-0.4, -0.2) is 39.0 Å². The lowest BCUT2D eigenvalue weighted by atomic mass is 10.3. The summed E-state index contributed by atoms with van der Waals surface area (Å²) in [6.45, 7) is -0.499. The zero-order chi connectivity index (χ0) is 20.2. The summed E-state index contributed by atoms with van der Waals surface area (Å²) in [6, 6.07) is 2.70. The van der Waals surface area contributed by atoms with Gasteiger partial charge in [-0.25, -0.2) is 13.5 Å². The minimum absolute atomic E-state index is 0.0153. The highest BCUT2D eigenvalue weighted by molar-refractivity contribution is 7.99. The van der Waals surface area contributed by atoms with E-state index in [-0.39, 0.29) is 21.3 Å². The molecule has 0 spiro atoms. The number of carbonyl (C=O) groups excluding carboxylic acids is 2. The molecule has 0 radical (unpaired) electrons. The van der Waals surface area contributed by atoms with E-state index in [9.17, 15) is 31.5 Å². The van der Waals surface area contributed by atoms with Gasteiger partial charge in [-0.3, -0.25) is 9.59 Å². The highest BCUT2D eigenvalue weighted by Gasteiger charge is 2.38. The first-order valence-electron chi connectivity index (χ1n) is 7.00. The van der Waals surface area contributed by atoms with Gasteiger partial charge in [-0.15, -0.1) is 10.2 Å². The van der Waals surface area contributed by atoms with Crippen LogP contribution < -0.4 is 16.5 Å². The van der Waals surface area contributed by atoms with E-state index in [0.29, 0.717) is 11.8 Å². The number of hydrogen-bond acceptors (Lipinski definition) is 6. The first-order chi connectivity index (χ1) is 12.6. The smallest absolute Gasteiger partial charge is 0.346 e. The number of aromatic nitrogens is 3. The average Bonchev–Trinajstić information content (AvgIpc) is 2.95. The van der Waals surface area contributed by atoms with Gasteiger partial charge >= 0.3 is 6.18 Å². The van der Waals surface area contributed by atoms with E-state index in [1.165, 1.54) is 0 Å². The summed E-state index contributed by atoms with van der Waals surface area (Å²) >= 11 is 0.581. The molecule has 1 aromatic heterocycles. The maximum absolute atomic E-state index is 13.0. The molecule has 0 fully saturated rings. The lowest BCUT2D eigenvalue weighted by Gasteiger charge is -2.08. The molecule has 1 heterocycles. The van der Waals surface area contributed by atoms with Crippen LogP contribution in [0.5, 0.6) is 0 Å². The van der Waals surface area contributed by atoms with Gasteiger partial charge in [-0.05, 0) is 12.1 Å². The molecular formula is C13H11F5N6O2S. The molecule has 0 unspecified atom stereocenters. The van der Waals surface area contributed by atoms with E-state index in [1.54, 1.807) is 0 Å². The minimum Gasteiger partial charge on any atom is -0.346 e. The molecule has 146 valence electrons. The van der Waals surface area contributed by atoms with Gasteiger partial charge in [0.15, 0.2) is 11.6 Å². The normalized spacial score (nSPS) is 11.3. The first-order valence-corrected chi connectivity index (χ1v) is 7.98. The number of alkyl halides is 3. The second-order valence-electron chi connectivity index (χ2n) is 4.92. The molecular weight excluding hydrogens is 399 g/mol. The fraction of sp³-hybridized carbons (Fsp3) is 0.231. The van der Waals surface area contributed by atoms with Gasteiger partial charge < -0.3 is 16.5 Å². The van der Waals surface area contributed by atoms with Gasteiger partial charge in [0.1, 0.15) is 0 Å². The van der Waals surface area contributed by atoms with Crippen molar-refractivity contribution in [3.8, 4) is 0 Å². The molecule has 4 N–H and O–H groups in total. The Morgan fingerprint density at radius 2 is 1.85 bits per heavy atom. The highest BCUT2D eigenvalue weighted by atomic mass is 32.2. The third kappa shape index (κ3) is 5.54. The molecule has 1 aromatic carbocycles. The maximum atomic E-state index is 13.0. The molecule has 2 aromatic rings. The summed E-state index contributed by atoms with van der Waals surface area (Å²) in [5.41, 5.74) is -0.0153. The van der Waals surface area contributed by atoms with E-state index < -0.39 is 42.0 Å². The van der Waals surface area contributed by atoms with Crippen LogP contribution in [0, 0.1) is 11.6 Å². The summed E-state index contributed by atoms with van der Waals surface area (Å²) in [5.74, 6) is -0.257. The Morgan fingerprint density at radius 3 is 2.44 bits per heavy atom. The number of benzene rings is 1. The van der Waals surface area contributed by atoms with Crippen molar-refractivity contribution < 1.29 is 31.5 Å². The van der Waals surface area contributed by atoms with Gasteiger partial charge in [0.05, 0.1) is 12.3 Å². The van der Waals surface area contributed by atoms with Crippen LogP contribution in [0.2, 0.25) is 0 Å². The van der Waals surface area contributed by atoms with Crippen LogP contribution >= 0.6 is 11.8 Å². The van der Waals surface area contributed by atoms with Crippen LogP contribution in [0.15, 0.2) is 23.4 Å². The number of nitrogens with one attached hydrogen (secondary N) is 2. The van der Waals surface area contributed by atoms with Gasteiger partial charge in [0, 0.05) is 11.8 Å². The molecule has 0 aliphatic rings. The second kappa shape index (κ2) is 8.20. The fourth-order valence-electron chi connectivity index (χ4n) is 1.71. The lowest BCUT2D eigenvalue weighted by molar-refractivity contribution is -0.146. The van der Waals surface area contributed by atoms with E-state index in [2.05, 4.69) is 20.8 Å². The Kier molecular flexibility index (Phi) is 6.20. The topological polar surface area (TPSA) is 115 Å². The van der Waals surface area contributed by atoms with Gasteiger partial charge in [0.2, 0.25) is 17.0 Å². The Morgan fingerprint density at radius 1 is 1.15 bits per heavy atom. The Balaban J connectivity index is 1.80. The summed E-state index contributed by atoms with van der Waals surface area (Å²) < 4.78 is 63.6. The standard InChI is InChI=1S/C13H11F5N6O2S/c14-7-2-1-6(3-8(7)15)21-9(25)4-20-10(26)5-27-12-23-22-11(24(12)19)13(16,17)18/h1-3H,4-5,19H2,(H,20,26)(H,21,25). The van der Waals surface area contributed by atoms with E-state index in [4.69, 9.17) is 5.84 Å². The number of carbonyl (C=O) groups is 2. The number of thioether (sulfide) groups is 1. The third-order valence-electron chi connectivity index (χ3n) is 2.90. The zero-order valence-corrected chi connectivity index (χ0v) is 14.0. The number of nitrogens with zero attached hydrogens (tertiary/aromatic N) is 3. The molecule has 0 atom stereocenters. The predicted molar refractivity (Wildman–Crippen MR) is 83.9 cm³/mol. The quantitative estimate of drug-likeness (QED) is 0.374. The maximum Gasteiger partial charge on any atom is 0.453 e. The summed E-state index contributed by atoms with van der Waals surface area (Å²) in [4.78, 5) is 23.3. The monoisotopic (exact) mass is 410 g/mol. The summed E-state index contributed by atoms with van der Waals surface area (Å²) in [5, 5.41) is 10.2. The number of hydrogen-bond donors (Lipinski definition) is 3. The van der Waals surface area contributed by atoms with E-state index in [1.807, 2.05) is 0 Å². The van der Waals surface area contributed by atoms with Gasteiger partial charge in [0.25, 0.3) is 5.82 Å². The predicted octanol–water partition coefficient (Wildman–Crippen LogP) is 1.14. The van der Waals surface area contributed by atoms with Crippen molar-refractivity contribution in [2.45, 2.75) is 11.3 Å². The third-order valence-corrected chi connectivity index (χ3v) is 3.84. The zero-order valence-electron chi connectivity index (χ0n) is 13.2.